The predicted molar refractivity (Wildman–Crippen MR) is 93.0 cm³/mol. The summed E-state index contributed by atoms with van der Waals surface area (Å²) >= 11 is 0. The number of nitrogens with zero attached hydrogens (tertiary/aromatic N) is 3. The van der Waals surface area contributed by atoms with Crippen molar-refractivity contribution in [1.29, 1.82) is 0 Å². The third-order valence-electron chi connectivity index (χ3n) is 4.54. The van der Waals surface area contributed by atoms with Gasteiger partial charge in [-0.25, -0.2) is 4.98 Å². The Kier molecular flexibility index (Phi) is 7.05. The Labute approximate surface area is 138 Å². The summed E-state index contributed by atoms with van der Waals surface area (Å²) in [5.41, 5.74) is -0.0147. The Morgan fingerprint density at radius 2 is 2.17 bits per heavy atom. The van der Waals surface area contributed by atoms with E-state index in [9.17, 15) is 4.79 Å². The number of nitrogens with one attached hydrogen (secondary N) is 1. The van der Waals surface area contributed by atoms with Gasteiger partial charge >= 0.3 is 0 Å². The quantitative estimate of drug-likeness (QED) is 0.787. The van der Waals surface area contributed by atoms with Crippen molar-refractivity contribution in [3.63, 3.8) is 0 Å². The van der Waals surface area contributed by atoms with E-state index < -0.39 is 0 Å². The van der Waals surface area contributed by atoms with Crippen molar-refractivity contribution in [3.05, 3.63) is 22.7 Å². The van der Waals surface area contributed by atoms with Crippen LogP contribution in [-0.2, 0) is 11.8 Å². The van der Waals surface area contributed by atoms with E-state index in [1.54, 1.807) is 31.1 Å². The van der Waals surface area contributed by atoms with Crippen LogP contribution in [0.1, 0.15) is 39.0 Å². The molecule has 0 saturated carbocycles. The molecule has 2 rings (SSSR count). The number of hydrogen-bond acceptors (Lipinski definition) is 5. The first kappa shape index (κ1) is 17.9. The Morgan fingerprint density at radius 1 is 1.43 bits per heavy atom. The highest BCUT2D eigenvalue weighted by molar-refractivity contribution is 5.36. The van der Waals surface area contributed by atoms with Gasteiger partial charge in [0.15, 0.2) is 5.82 Å². The lowest BCUT2D eigenvalue weighted by molar-refractivity contribution is 0.152. The highest BCUT2D eigenvalue weighted by Gasteiger charge is 2.23. The van der Waals surface area contributed by atoms with Crippen molar-refractivity contribution >= 4 is 5.82 Å². The van der Waals surface area contributed by atoms with Crippen LogP contribution in [0.5, 0.6) is 0 Å². The van der Waals surface area contributed by atoms with E-state index in [4.69, 9.17) is 4.74 Å². The smallest absolute Gasteiger partial charge is 0.293 e. The van der Waals surface area contributed by atoms with Crippen LogP contribution in [0.2, 0.25) is 0 Å². The molecule has 1 aromatic rings. The fraction of sp³-hybridized carbons (Fsp3) is 0.765. The second-order valence-corrected chi connectivity index (χ2v) is 6.39. The van der Waals surface area contributed by atoms with Gasteiger partial charge in [0, 0.05) is 51.7 Å². The number of hydrogen-bond donors (Lipinski definition) is 1. The number of unbranched alkanes of at least 4 members (excludes halogenated alkanes) is 1. The lowest BCUT2D eigenvalue weighted by atomic mass is 10.0. The first-order valence-corrected chi connectivity index (χ1v) is 8.67. The number of ether oxygens (including phenoxy) is 1. The first-order chi connectivity index (χ1) is 11.2. The standard InChI is InChI=1S/C17H30N4O2/c1-4-5-6-15(13-23-3)19-14-7-10-21(11-8-14)16-17(22)20(2)12-9-18-16/h9,12,14-15,19H,4-8,10-11,13H2,1-3H3/t15-/m0/s1. The number of rotatable bonds is 8. The van der Waals surface area contributed by atoms with Crippen LogP contribution in [0.4, 0.5) is 5.82 Å². The van der Waals surface area contributed by atoms with Gasteiger partial charge in [-0.3, -0.25) is 4.79 Å². The number of aryl methyl sites for hydroxylation is 1. The van der Waals surface area contributed by atoms with E-state index in [0.717, 1.165) is 39.0 Å². The molecule has 0 unspecified atom stereocenters. The summed E-state index contributed by atoms with van der Waals surface area (Å²) in [7, 11) is 3.53. The summed E-state index contributed by atoms with van der Waals surface area (Å²) in [6.07, 6.45) is 9.06. The van der Waals surface area contributed by atoms with E-state index >= 15 is 0 Å². The minimum absolute atomic E-state index is 0.0147. The third kappa shape index (κ3) is 5.04. The van der Waals surface area contributed by atoms with Gasteiger partial charge < -0.3 is 19.5 Å². The van der Waals surface area contributed by atoms with Crippen molar-refractivity contribution in [3.8, 4) is 0 Å². The normalized spacial score (nSPS) is 17.4. The van der Waals surface area contributed by atoms with Crippen LogP contribution in [0.3, 0.4) is 0 Å². The van der Waals surface area contributed by atoms with Gasteiger partial charge in [-0.05, 0) is 19.3 Å². The van der Waals surface area contributed by atoms with Crippen LogP contribution in [0.25, 0.3) is 0 Å². The van der Waals surface area contributed by atoms with Crippen LogP contribution in [-0.4, -0.2) is 48.4 Å². The maximum atomic E-state index is 12.2. The van der Waals surface area contributed by atoms with E-state index in [-0.39, 0.29) is 5.56 Å². The number of anilines is 1. The molecule has 0 bridgehead atoms. The minimum Gasteiger partial charge on any atom is -0.383 e. The Balaban J connectivity index is 1.87. The zero-order valence-electron chi connectivity index (χ0n) is 14.6. The molecule has 0 spiro atoms. The second-order valence-electron chi connectivity index (χ2n) is 6.39. The fourth-order valence-electron chi connectivity index (χ4n) is 3.16. The lowest BCUT2D eigenvalue weighted by Crippen LogP contribution is -2.48. The van der Waals surface area contributed by atoms with Crippen molar-refractivity contribution < 1.29 is 4.74 Å². The van der Waals surface area contributed by atoms with E-state index in [1.807, 2.05) is 0 Å². The summed E-state index contributed by atoms with van der Waals surface area (Å²) < 4.78 is 6.92. The monoisotopic (exact) mass is 322 g/mol. The van der Waals surface area contributed by atoms with Gasteiger partial charge in [0.2, 0.25) is 0 Å². The van der Waals surface area contributed by atoms with Gasteiger partial charge in [-0.15, -0.1) is 0 Å². The molecule has 0 amide bonds. The molecule has 1 fully saturated rings. The SMILES string of the molecule is CCCC[C@@H](COC)NC1CCN(c2nccn(C)c2=O)CC1. The summed E-state index contributed by atoms with van der Waals surface area (Å²) in [6, 6.07) is 0.926. The number of methoxy groups -OCH3 is 1. The molecule has 1 saturated heterocycles. The zero-order valence-corrected chi connectivity index (χ0v) is 14.6. The Bertz CT molecular complexity index is 524. The van der Waals surface area contributed by atoms with Gasteiger partial charge in [-0.1, -0.05) is 19.8 Å². The average molecular weight is 322 g/mol. The van der Waals surface area contributed by atoms with Crippen molar-refractivity contribution in [1.82, 2.24) is 14.9 Å². The van der Waals surface area contributed by atoms with Crippen molar-refractivity contribution in [2.75, 3.05) is 31.7 Å². The summed E-state index contributed by atoms with van der Waals surface area (Å²) in [5, 5.41) is 3.73. The van der Waals surface area contributed by atoms with Crippen molar-refractivity contribution in [2.45, 2.75) is 51.1 Å². The number of piperidine rings is 1. The largest absolute Gasteiger partial charge is 0.383 e. The molecule has 0 aliphatic carbocycles. The molecule has 1 atom stereocenters. The Hall–Kier alpha value is -1.40. The molecule has 1 aliphatic rings. The summed E-state index contributed by atoms with van der Waals surface area (Å²) in [6.45, 7) is 4.73. The predicted octanol–water partition coefficient (Wildman–Crippen LogP) is 1.54. The van der Waals surface area contributed by atoms with Gasteiger partial charge in [0.05, 0.1) is 6.61 Å². The third-order valence-corrected chi connectivity index (χ3v) is 4.54. The molecule has 23 heavy (non-hydrogen) atoms. The van der Waals surface area contributed by atoms with E-state index in [2.05, 4.69) is 22.1 Å². The Morgan fingerprint density at radius 3 is 2.83 bits per heavy atom. The zero-order chi connectivity index (χ0) is 16.7. The molecule has 1 aromatic heterocycles. The molecular formula is C17H30N4O2. The maximum Gasteiger partial charge on any atom is 0.293 e. The van der Waals surface area contributed by atoms with Crippen LogP contribution >= 0.6 is 0 Å². The summed E-state index contributed by atoms with van der Waals surface area (Å²) in [4.78, 5) is 18.5. The van der Waals surface area contributed by atoms with Gasteiger partial charge in [0.1, 0.15) is 0 Å². The lowest BCUT2D eigenvalue weighted by Gasteiger charge is -2.34. The highest BCUT2D eigenvalue weighted by atomic mass is 16.5. The summed E-state index contributed by atoms with van der Waals surface area (Å²) in [5.74, 6) is 0.577. The molecular weight excluding hydrogens is 292 g/mol. The minimum atomic E-state index is -0.0147. The molecule has 1 aliphatic heterocycles. The van der Waals surface area contributed by atoms with Crippen LogP contribution in [0, 0.1) is 0 Å². The molecule has 6 heteroatoms. The van der Waals surface area contributed by atoms with Crippen LogP contribution in [0.15, 0.2) is 17.2 Å². The number of aromatic nitrogens is 2. The fourth-order valence-corrected chi connectivity index (χ4v) is 3.16. The first-order valence-electron chi connectivity index (χ1n) is 8.67. The average Bonchev–Trinajstić information content (AvgIpc) is 2.56. The van der Waals surface area contributed by atoms with Crippen molar-refractivity contribution in [2.24, 2.45) is 7.05 Å². The second kappa shape index (κ2) is 9.03. The van der Waals surface area contributed by atoms with E-state index in [0.29, 0.717) is 17.9 Å². The molecule has 0 radical (unpaired) electrons. The highest BCUT2D eigenvalue weighted by Crippen LogP contribution is 2.16. The van der Waals surface area contributed by atoms with Gasteiger partial charge in [0.25, 0.3) is 5.56 Å². The van der Waals surface area contributed by atoms with E-state index in [1.165, 1.54) is 12.8 Å². The molecule has 6 nitrogen and oxygen atoms in total. The molecule has 1 N–H and O–H groups in total. The topological polar surface area (TPSA) is 59.4 Å². The van der Waals surface area contributed by atoms with Gasteiger partial charge in [-0.2, -0.15) is 0 Å². The molecule has 130 valence electrons. The molecule has 0 aromatic carbocycles. The maximum absolute atomic E-state index is 12.2. The molecule has 2 heterocycles. The van der Waals surface area contributed by atoms with Crippen LogP contribution < -0.4 is 15.8 Å².